The van der Waals surface area contributed by atoms with Crippen LogP contribution in [-0.2, 0) is 9.53 Å². The maximum absolute atomic E-state index is 13.7. The third-order valence-corrected chi connectivity index (χ3v) is 3.62. The SMILES string of the molecule is COC(=O)C1CCCN1C(=O)c1cc(N)c(C)c(F)c1. The summed E-state index contributed by atoms with van der Waals surface area (Å²) < 4.78 is 18.4. The predicted octanol–water partition coefficient (Wildman–Crippen LogP) is 1.49. The Morgan fingerprint density at radius 1 is 1.45 bits per heavy atom. The van der Waals surface area contributed by atoms with E-state index in [9.17, 15) is 14.0 Å². The third-order valence-electron chi connectivity index (χ3n) is 3.62. The van der Waals surface area contributed by atoms with Gasteiger partial charge in [0.05, 0.1) is 7.11 Å². The van der Waals surface area contributed by atoms with Crippen LogP contribution in [-0.4, -0.2) is 36.5 Å². The molecular weight excluding hydrogens is 263 g/mol. The highest BCUT2D eigenvalue weighted by atomic mass is 19.1. The van der Waals surface area contributed by atoms with E-state index in [1.165, 1.54) is 18.1 Å². The molecule has 1 heterocycles. The van der Waals surface area contributed by atoms with E-state index in [1.54, 1.807) is 6.92 Å². The molecule has 1 fully saturated rings. The Hall–Kier alpha value is -2.11. The van der Waals surface area contributed by atoms with Gasteiger partial charge in [0.15, 0.2) is 0 Å². The highest BCUT2D eigenvalue weighted by molar-refractivity contribution is 5.98. The van der Waals surface area contributed by atoms with E-state index in [2.05, 4.69) is 4.74 Å². The third kappa shape index (κ3) is 2.45. The molecule has 1 amide bonds. The molecule has 6 heteroatoms. The maximum Gasteiger partial charge on any atom is 0.328 e. The van der Waals surface area contributed by atoms with E-state index in [0.29, 0.717) is 18.5 Å². The first-order chi connectivity index (χ1) is 9.45. The number of anilines is 1. The van der Waals surface area contributed by atoms with Crippen LogP contribution in [0.25, 0.3) is 0 Å². The summed E-state index contributed by atoms with van der Waals surface area (Å²) in [5, 5.41) is 0. The number of rotatable bonds is 2. The van der Waals surface area contributed by atoms with Crippen LogP contribution in [0.5, 0.6) is 0 Å². The minimum Gasteiger partial charge on any atom is -0.467 e. The van der Waals surface area contributed by atoms with Crippen LogP contribution in [0.4, 0.5) is 10.1 Å². The molecule has 0 aliphatic carbocycles. The van der Waals surface area contributed by atoms with Crippen molar-refractivity contribution < 1.29 is 18.7 Å². The second kappa shape index (κ2) is 5.48. The van der Waals surface area contributed by atoms with Crippen molar-refractivity contribution in [2.24, 2.45) is 0 Å². The van der Waals surface area contributed by atoms with Crippen LogP contribution in [0.1, 0.15) is 28.8 Å². The second-order valence-electron chi connectivity index (χ2n) is 4.85. The zero-order valence-electron chi connectivity index (χ0n) is 11.5. The molecule has 1 aromatic rings. The number of hydrogen-bond acceptors (Lipinski definition) is 4. The van der Waals surface area contributed by atoms with Gasteiger partial charge in [-0.25, -0.2) is 9.18 Å². The molecule has 108 valence electrons. The van der Waals surface area contributed by atoms with E-state index >= 15 is 0 Å². The van der Waals surface area contributed by atoms with Crippen LogP contribution in [0.2, 0.25) is 0 Å². The quantitative estimate of drug-likeness (QED) is 0.658. The van der Waals surface area contributed by atoms with Crippen molar-refractivity contribution in [3.63, 3.8) is 0 Å². The van der Waals surface area contributed by atoms with Crippen molar-refractivity contribution in [2.45, 2.75) is 25.8 Å². The lowest BCUT2D eigenvalue weighted by Crippen LogP contribution is -2.41. The van der Waals surface area contributed by atoms with E-state index in [-0.39, 0.29) is 11.3 Å². The number of nitrogen functional groups attached to an aromatic ring is 1. The molecule has 0 spiro atoms. The Bertz CT molecular complexity index is 536. The summed E-state index contributed by atoms with van der Waals surface area (Å²) in [7, 11) is 1.28. The van der Waals surface area contributed by atoms with Crippen molar-refractivity contribution >= 4 is 17.6 Å². The minimum atomic E-state index is -0.599. The van der Waals surface area contributed by atoms with Gasteiger partial charge in [-0.1, -0.05) is 0 Å². The van der Waals surface area contributed by atoms with E-state index in [0.717, 1.165) is 12.5 Å². The first-order valence-electron chi connectivity index (χ1n) is 6.40. The van der Waals surface area contributed by atoms with E-state index in [1.807, 2.05) is 0 Å². The molecule has 0 radical (unpaired) electrons. The van der Waals surface area contributed by atoms with Crippen molar-refractivity contribution in [1.82, 2.24) is 4.90 Å². The van der Waals surface area contributed by atoms with E-state index < -0.39 is 23.7 Å². The summed E-state index contributed by atoms with van der Waals surface area (Å²) in [4.78, 5) is 25.4. The van der Waals surface area contributed by atoms with Crippen LogP contribution < -0.4 is 5.73 Å². The monoisotopic (exact) mass is 280 g/mol. The number of halogens is 1. The topological polar surface area (TPSA) is 72.6 Å². The molecule has 0 aromatic heterocycles. The van der Waals surface area contributed by atoms with Crippen LogP contribution >= 0.6 is 0 Å². The molecule has 1 saturated heterocycles. The summed E-state index contributed by atoms with van der Waals surface area (Å²) in [6.07, 6.45) is 1.28. The minimum absolute atomic E-state index is 0.154. The smallest absolute Gasteiger partial charge is 0.328 e. The second-order valence-corrected chi connectivity index (χ2v) is 4.85. The number of carbonyl (C=O) groups excluding carboxylic acids is 2. The molecule has 0 saturated carbocycles. The number of benzene rings is 1. The lowest BCUT2D eigenvalue weighted by Gasteiger charge is -2.23. The lowest BCUT2D eigenvalue weighted by molar-refractivity contribution is -0.145. The van der Waals surface area contributed by atoms with Crippen LogP contribution in [0.15, 0.2) is 12.1 Å². The standard InChI is InChI=1S/C14H17FN2O3/c1-8-10(15)6-9(7-11(8)16)13(18)17-5-3-4-12(17)14(19)20-2/h6-7,12H,3-5,16H2,1-2H3. The largest absolute Gasteiger partial charge is 0.467 e. The Morgan fingerprint density at radius 3 is 2.75 bits per heavy atom. The van der Waals surface area contributed by atoms with Gasteiger partial charge in [0.1, 0.15) is 11.9 Å². The van der Waals surface area contributed by atoms with Gasteiger partial charge in [-0.2, -0.15) is 0 Å². The van der Waals surface area contributed by atoms with Gasteiger partial charge in [-0.3, -0.25) is 4.79 Å². The highest BCUT2D eigenvalue weighted by Gasteiger charge is 2.35. The number of nitrogens with two attached hydrogens (primary N) is 1. The average Bonchev–Trinajstić information content (AvgIpc) is 2.91. The van der Waals surface area contributed by atoms with Crippen molar-refractivity contribution in [1.29, 1.82) is 0 Å². The van der Waals surface area contributed by atoms with Gasteiger partial charge in [-0.05, 0) is 31.9 Å². The van der Waals surface area contributed by atoms with Crippen LogP contribution in [0.3, 0.4) is 0 Å². The molecule has 2 N–H and O–H groups in total. The first kappa shape index (κ1) is 14.3. The fourth-order valence-electron chi connectivity index (χ4n) is 2.38. The van der Waals surface area contributed by atoms with E-state index in [4.69, 9.17) is 5.73 Å². The van der Waals surface area contributed by atoms with Crippen molar-refractivity contribution in [2.75, 3.05) is 19.4 Å². The summed E-state index contributed by atoms with van der Waals surface area (Å²) in [6.45, 7) is 2.00. The summed E-state index contributed by atoms with van der Waals surface area (Å²) >= 11 is 0. The number of carbonyl (C=O) groups is 2. The summed E-state index contributed by atoms with van der Waals surface area (Å²) in [5.74, 6) is -1.37. The lowest BCUT2D eigenvalue weighted by atomic mass is 10.1. The predicted molar refractivity (Wildman–Crippen MR) is 71.6 cm³/mol. The maximum atomic E-state index is 13.7. The van der Waals surface area contributed by atoms with Gasteiger partial charge < -0.3 is 15.4 Å². The summed E-state index contributed by atoms with van der Waals surface area (Å²) in [5.41, 5.74) is 6.37. The number of methoxy groups -OCH3 is 1. The van der Waals surface area contributed by atoms with Crippen molar-refractivity contribution in [3.8, 4) is 0 Å². The molecule has 1 aliphatic rings. The first-order valence-corrected chi connectivity index (χ1v) is 6.40. The number of ether oxygens (including phenoxy) is 1. The van der Waals surface area contributed by atoms with Gasteiger partial charge in [0.25, 0.3) is 5.91 Å². The zero-order valence-corrected chi connectivity index (χ0v) is 11.5. The normalized spacial score (nSPS) is 18.1. The molecule has 1 aliphatic heterocycles. The Balaban J connectivity index is 2.29. The van der Waals surface area contributed by atoms with Crippen molar-refractivity contribution in [3.05, 3.63) is 29.1 Å². The van der Waals surface area contributed by atoms with Crippen LogP contribution in [0, 0.1) is 12.7 Å². The molecule has 1 atom stereocenters. The summed E-state index contributed by atoms with van der Waals surface area (Å²) in [6, 6.07) is 1.99. The highest BCUT2D eigenvalue weighted by Crippen LogP contribution is 2.24. The fourth-order valence-corrected chi connectivity index (χ4v) is 2.38. The number of nitrogens with zero attached hydrogens (tertiary/aromatic N) is 1. The number of hydrogen-bond donors (Lipinski definition) is 1. The van der Waals surface area contributed by atoms with Gasteiger partial charge in [0, 0.05) is 23.4 Å². The molecule has 1 aromatic carbocycles. The Morgan fingerprint density at radius 2 is 2.15 bits per heavy atom. The Kier molecular flexibility index (Phi) is 3.92. The number of esters is 1. The molecule has 20 heavy (non-hydrogen) atoms. The number of amides is 1. The Labute approximate surface area is 116 Å². The molecule has 2 rings (SSSR count). The molecular formula is C14H17FN2O3. The van der Waals surface area contributed by atoms with Gasteiger partial charge in [-0.15, -0.1) is 0 Å². The molecule has 5 nitrogen and oxygen atoms in total. The van der Waals surface area contributed by atoms with Gasteiger partial charge in [0.2, 0.25) is 0 Å². The fraction of sp³-hybridized carbons (Fsp3) is 0.429. The van der Waals surface area contributed by atoms with Gasteiger partial charge >= 0.3 is 5.97 Å². The molecule has 0 bridgehead atoms. The zero-order chi connectivity index (χ0) is 14.9. The average molecular weight is 280 g/mol. The number of likely N-dealkylation sites (tertiary alicyclic amines) is 1. The molecule has 1 unspecified atom stereocenters.